The van der Waals surface area contributed by atoms with Crippen LogP contribution in [0.4, 0.5) is 0 Å². The Bertz CT molecular complexity index is 800. The fourth-order valence-corrected chi connectivity index (χ4v) is 3.51. The van der Waals surface area contributed by atoms with Crippen molar-refractivity contribution in [3.8, 4) is 0 Å². The standard InChI is InChI=1S/C15H18N2O4S/c1-15(2,8-7-14(18)19)17-22(20,21)12-9-11-5-3-4-6-13(11)16-10-12/h3-6,9-10,17H,7-8H2,1-2H3,(H,18,19). The molecule has 0 unspecified atom stereocenters. The minimum Gasteiger partial charge on any atom is -0.481 e. The summed E-state index contributed by atoms with van der Waals surface area (Å²) in [6, 6.07) is 8.78. The molecule has 0 aliphatic carbocycles. The predicted octanol–water partition coefficient (Wildman–Crippen LogP) is 2.16. The van der Waals surface area contributed by atoms with E-state index in [1.807, 2.05) is 12.1 Å². The van der Waals surface area contributed by atoms with Crippen LogP contribution in [0.15, 0.2) is 41.4 Å². The molecule has 6 nitrogen and oxygen atoms in total. The van der Waals surface area contributed by atoms with E-state index in [1.54, 1.807) is 32.0 Å². The van der Waals surface area contributed by atoms with E-state index in [2.05, 4.69) is 9.71 Å². The van der Waals surface area contributed by atoms with E-state index in [0.29, 0.717) is 5.52 Å². The number of sulfonamides is 1. The molecule has 0 aliphatic heterocycles. The number of hydrogen-bond donors (Lipinski definition) is 2. The van der Waals surface area contributed by atoms with E-state index in [4.69, 9.17) is 5.11 Å². The number of rotatable bonds is 6. The lowest BCUT2D eigenvalue weighted by Crippen LogP contribution is -2.43. The van der Waals surface area contributed by atoms with Crippen molar-refractivity contribution in [2.45, 2.75) is 37.1 Å². The lowest BCUT2D eigenvalue weighted by molar-refractivity contribution is -0.137. The summed E-state index contributed by atoms with van der Waals surface area (Å²) in [5, 5.41) is 9.45. The van der Waals surface area contributed by atoms with Crippen LogP contribution in [0.3, 0.4) is 0 Å². The SMILES string of the molecule is CC(C)(CCC(=O)O)NS(=O)(=O)c1cnc2ccccc2c1. The first-order chi connectivity index (χ1) is 10.2. The highest BCUT2D eigenvalue weighted by molar-refractivity contribution is 7.89. The Morgan fingerprint density at radius 2 is 2.00 bits per heavy atom. The fraction of sp³-hybridized carbons (Fsp3) is 0.333. The molecule has 118 valence electrons. The van der Waals surface area contributed by atoms with Crippen LogP contribution in [0, 0.1) is 0 Å². The summed E-state index contributed by atoms with van der Waals surface area (Å²) in [6.45, 7) is 3.31. The van der Waals surface area contributed by atoms with Crippen LogP contribution in [0.25, 0.3) is 10.9 Å². The van der Waals surface area contributed by atoms with Crippen molar-refractivity contribution >= 4 is 26.9 Å². The van der Waals surface area contributed by atoms with E-state index in [-0.39, 0.29) is 17.7 Å². The average molecular weight is 322 g/mol. The Hall–Kier alpha value is -1.99. The van der Waals surface area contributed by atoms with E-state index in [9.17, 15) is 13.2 Å². The summed E-state index contributed by atoms with van der Waals surface area (Å²) in [5.74, 6) is -0.959. The maximum absolute atomic E-state index is 12.4. The van der Waals surface area contributed by atoms with Gasteiger partial charge >= 0.3 is 5.97 Å². The van der Waals surface area contributed by atoms with Crippen LogP contribution in [-0.2, 0) is 14.8 Å². The highest BCUT2D eigenvalue weighted by atomic mass is 32.2. The molecule has 0 radical (unpaired) electrons. The molecular weight excluding hydrogens is 304 g/mol. The van der Waals surface area contributed by atoms with E-state index < -0.39 is 21.5 Å². The molecular formula is C15H18N2O4S. The molecule has 1 aromatic heterocycles. The van der Waals surface area contributed by atoms with Crippen LogP contribution in [0.5, 0.6) is 0 Å². The molecule has 1 heterocycles. The molecule has 0 saturated carbocycles. The molecule has 1 aromatic carbocycles. The zero-order chi connectivity index (χ0) is 16.4. The Kier molecular flexibility index (Phi) is 4.48. The third-order valence-corrected chi connectivity index (χ3v) is 4.92. The van der Waals surface area contributed by atoms with Gasteiger partial charge in [-0.05, 0) is 32.4 Å². The van der Waals surface area contributed by atoms with Gasteiger partial charge in [-0.15, -0.1) is 0 Å². The Morgan fingerprint density at radius 1 is 1.32 bits per heavy atom. The first-order valence-corrected chi connectivity index (χ1v) is 8.28. The molecule has 0 saturated heterocycles. The van der Waals surface area contributed by atoms with Gasteiger partial charge in [-0.3, -0.25) is 9.78 Å². The number of aliphatic carboxylic acids is 1. The van der Waals surface area contributed by atoms with Gasteiger partial charge in [0.25, 0.3) is 0 Å². The number of fused-ring (bicyclic) bond motifs is 1. The van der Waals surface area contributed by atoms with Gasteiger partial charge in [0.05, 0.1) is 5.52 Å². The number of carboxylic acids is 1. The van der Waals surface area contributed by atoms with Gasteiger partial charge < -0.3 is 5.11 Å². The highest BCUT2D eigenvalue weighted by Gasteiger charge is 2.27. The largest absolute Gasteiger partial charge is 0.481 e. The number of hydrogen-bond acceptors (Lipinski definition) is 4. The number of benzene rings is 1. The van der Waals surface area contributed by atoms with Crippen LogP contribution < -0.4 is 4.72 Å². The molecule has 0 spiro atoms. The number of aromatic nitrogens is 1. The van der Waals surface area contributed by atoms with Crippen molar-refractivity contribution in [2.24, 2.45) is 0 Å². The van der Waals surface area contributed by atoms with Gasteiger partial charge in [0, 0.05) is 23.5 Å². The topological polar surface area (TPSA) is 96.4 Å². The van der Waals surface area contributed by atoms with E-state index >= 15 is 0 Å². The first kappa shape index (κ1) is 16.4. The lowest BCUT2D eigenvalue weighted by atomic mass is 10.0. The maximum atomic E-state index is 12.4. The van der Waals surface area contributed by atoms with Crippen LogP contribution in [0.1, 0.15) is 26.7 Å². The van der Waals surface area contributed by atoms with Crippen molar-refractivity contribution < 1.29 is 18.3 Å². The quantitative estimate of drug-likeness (QED) is 0.849. The number of para-hydroxylation sites is 1. The number of nitrogens with one attached hydrogen (secondary N) is 1. The number of carboxylic acid groups (broad SMARTS) is 1. The van der Waals surface area contributed by atoms with Gasteiger partial charge in [0.1, 0.15) is 4.90 Å². The number of nitrogens with zero attached hydrogens (tertiary/aromatic N) is 1. The third kappa shape index (κ3) is 4.02. The van der Waals surface area contributed by atoms with E-state index in [0.717, 1.165) is 5.39 Å². The molecule has 0 fully saturated rings. The monoisotopic (exact) mass is 322 g/mol. The molecule has 0 atom stereocenters. The average Bonchev–Trinajstić information content (AvgIpc) is 2.44. The Labute approximate surface area is 129 Å². The van der Waals surface area contributed by atoms with Crippen molar-refractivity contribution in [2.75, 3.05) is 0 Å². The number of pyridine rings is 1. The minimum absolute atomic E-state index is 0.0644. The van der Waals surface area contributed by atoms with Gasteiger partial charge in [-0.25, -0.2) is 13.1 Å². The minimum atomic E-state index is -3.76. The summed E-state index contributed by atoms with van der Waals surface area (Å²) < 4.78 is 27.4. The fourth-order valence-electron chi connectivity index (χ4n) is 2.09. The van der Waals surface area contributed by atoms with Crippen molar-refractivity contribution in [3.63, 3.8) is 0 Å². The second-order valence-electron chi connectivity index (χ2n) is 5.75. The zero-order valence-corrected chi connectivity index (χ0v) is 13.2. The molecule has 2 aromatic rings. The van der Waals surface area contributed by atoms with Gasteiger partial charge in [0.2, 0.25) is 10.0 Å². The smallest absolute Gasteiger partial charge is 0.303 e. The second-order valence-corrected chi connectivity index (χ2v) is 7.43. The first-order valence-electron chi connectivity index (χ1n) is 6.80. The summed E-state index contributed by atoms with van der Waals surface area (Å²) in [6.07, 6.45) is 1.39. The summed E-state index contributed by atoms with van der Waals surface area (Å²) >= 11 is 0. The van der Waals surface area contributed by atoms with Gasteiger partial charge in [-0.1, -0.05) is 18.2 Å². The van der Waals surface area contributed by atoms with Gasteiger partial charge in [0.15, 0.2) is 0 Å². The molecule has 2 N–H and O–H groups in total. The molecule has 0 bridgehead atoms. The predicted molar refractivity (Wildman–Crippen MR) is 83.0 cm³/mol. The second kappa shape index (κ2) is 6.02. The molecule has 22 heavy (non-hydrogen) atoms. The van der Waals surface area contributed by atoms with Crippen LogP contribution >= 0.6 is 0 Å². The normalized spacial score (nSPS) is 12.5. The molecule has 0 amide bonds. The summed E-state index contributed by atoms with van der Waals surface area (Å²) in [5.41, 5.74) is -0.144. The summed E-state index contributed by atoms with van der Waals surface area (Å²) in [4.78, 5) is 14.8. The number of carbonyl (C=O) groups is 1. The summed E-state index contributed by atoms with van der Waals surface area (Å²) in [7, 11) is -3.76. The van der Waals surface area contributed by atoms with E-state index in [1.165, 1.54) is 6.20 Å². The van der Waals surface area contributed by atoms with Crippen LogP contribution in [-0.4, -0.2) is 30.0 Å². The van der Waals surface area contributed by atoms with Gasteiger partial charge in [-0.2, -0.15) is 0 Å². The van der Waals surface area contributed by atoms with Crippen molar-refractivity contribution in [3.05, 3.63) is 36.5 Å². The lowest BCUT2D eigenvalue weighted by Gasteiger charge is -2.25. The highest BCUT2D eigenvalue weighted by Crippen LogP contribution is 2.20. The zero-order valence-electron chi connectivity index (χ0n) is 12.4. The molecule has 0 aliphatic rings. The molecule has 2 rings (SSSR count). The van der Waals surface area contributed by atoms with Crippen molar-refractivity contribution in [1.29, 1.82) is 0 Å². The Balaban J connectivity index is 2.26. The third-order valence-electron chi connectivity index (χ3n) is 3.25. The molecule has 7 heteroatoms. The van der Waals surface area contributed by atoms with Crippen molar-refractivity contribution in [1.82, 2.24) is 9.71 Å². The Morgan fingerprint density at radius 3 is 2.68 bits per heavy atom. The maximum Gasteiger partial charge on any atom is 0.303 e. The van der Waals surface area contributed by atoms with Crippen LogP contribution in [0.2, 0.25) is 0 Å².